The number of benzene rings is 1. The summed E-state index contributed by atoms with van der Waals surface area (Å²) in [6.45, 7) is 4.02. The predicted octanol–water partition coefficient (Wildman–Crippen LogP) is 0.450. The van der Waals surface area contributed by atoms with Crippen LogP contribution in [0.2, 0.25) is 0 Å². The number of H-pyrrole nitrogens is 1. The zero-order valence-corrected chi connectivity index (χ0v) is 12.5. The van der Waals surface area contributed by atoms with E-state index in [4.69, 9.17) is 5.73 Å². The fourth-order valence-corrected chi connectivity index (χ4v) is 2.85. The molecule has 0 spiro atoms. The maximum Gasteiger partial charge on any atom is 0.239 e. The second kappa shape index (κ2) is 6.15. The second-order valence-electron chi connectivity index (χ2n) is 5.41. The Morgan fingerprint density at radius 2 is 2.23 bits per heavy atom. The largest absolute Gasteiger partial charge is 0.367 e. The number of nitrogen functional groups attached to an aromatic ring is 1. The van der Waals surface area contributed by atoms with E-state index in [0.29, 0.717) is 12.4 Å². The first-order valence-electron chi connectivity index (χ1n) is 7.42. The molecule has 116 valence electrons. The molecule has 2 aromatic rings. The van der Waals surface area contributed by atoms with Crippen LogP contribution >= 0.6 is 0 Å². The zero-order chi connectivity index (χ0) is 15.5. The van der Waals surface area contributed by atoms with Crippen LogP contribution in [0.5, 0.6) is 0 Å². The van der Waals surface area contributed by atoms with Crippen molar-refractivity contribution >= 4 is 11.9 Å². The number of carbonyl (C=O) groups excluding carboxylic acids is 1. The molecule has 0 fully saturated rings. The van der Waals surface area contributed by atoms with Gasteiger partial charge in [-0.1, -0.05) is 31.2 Å². The fraction of sp³-hybridized carbons (Fsp3) is 0.400. The molecule has 7 heteroatoms. The second-order valence-corrected chi connectivity index (χ2v) is 5.41. The number of rotatable bonds is 4. The summed E-state index contributed by atoms with van der Waals surface area (Å²) in [6, 6.07) is 8.14. The van der Waals surface area contributed by atoms with Gasteiger partial charge in [0, 0.05) is 6.54 Å². The SMILES string of the molecule is CCN1Cc2ccccc2C[C@@H]1C(=O)NCc1nc(N)n[nH]1. The normalized spacial score (nSPS) is 18.0. The van der Waals surface area contributed by atoms with Gasteiger partial charge in [0.05, 0.1) is 12.6 Å². The third-order valence-electron chi connectivity index (χ3n) is 4.03. The number of hydrogen-bond donors (Lipinski definition) is 3. The Balaban J connectivity index is 1.68. The van der Waals surface area contributed by atoms with Crippen LogP contribution in [0.4, 0.5) is 5.95 Å². The summed E-state index contributed by atoms with van der Waals surface area (Å²) >= 11 is 0. The molecule has 1 aromatic carbocycles. The Kier molecular flexibility index (Phi) is 4.06. The van der Waals surface area contributed by atoms with Gasteiger partial charge in [0.1, 0.15) is 5.82 Å². The van der Waals surface area contributed by atoms with E-state index in [1.165, 1.54) is 11.1 Å². The van der Waals surface area contributed by atoms with Gasteiger partial charge in [0.15, 0.2) is 0 Å². The maximum absolute atomic E-state index is 12.5. The Hall–Kier alpha value is -2.41. The molecule has 1 aliphatic heterocycles. The number of hydrogen-bond acceptors (Lipinski definition) is 5. The summed E-state index contributed by atoms with van der Waals surface area (Å²) in [5.41, 5.74) is 8.00. The van der Waals surface area contributed by atoms with Crippen molar-refractivity contribution < 1.29 is 4.79 Å². The van der Waals surface area contributed by atoms with Gasteiger partial charge in [0.2, 0.25) is 11.9 Å². The van der Waals surface area contributed by atoms with Gasteiger partial charge < -0.3 is 11.1 Å². The number of nitrogens with zero attached hydrogens (tertiary/aromatic N) is 3. The molecule has 1 aliphatic rings. The first kappa shape index (κ1) is 14.5. The maximum atomic E-state index is 12.5. The summed E-state index contributed by atoms with van der Waals surface area (Å²) in [7, 11) is 0. The molecule has 3 rings (SSSR count). The molecule has 7 nitrogen and oxygen atoms in total. The van der Waals surface area contributed by atoms with Crippen LogP contribution in [0.15, 0.2) is 24.3 Å². The number of amides is 1. The van der Waals surface area contributed by atoms with E-state index in [0.717, 1.165) is 19.5 Å². The van der Waals surface area contributed by atoms with E-state index in [9.17, 15) is 4.79 Å². The van der Waals surface area contributed by atoms with E-state index in [1.54, 1.807) is 0 Å². The number of fused-ring (bicyclic) bond motifs is 1. The molecule has 0 saturated heterocycles. The van der Waals surface area contributed by atoms with Gasteiger partial charge >= 0.3 is 0 Å². The van der Waals surface area contributed by atoms with Gasteiger partial charge in [-0.3, -0.25) is 14.8 Å². The average molecular weight is 300 g/mol. The number of anilines is 1. The predicted molar refractivity (Wildman–Crippen MR) is 82.7 cm³/mol. The van der Waals surface area contributed by atoms with Gasteiger partial charge in [-0.15, -0.1) is 5.10 Å². The highest BCUT2D eigenvalue weighted by Crippen LogP contribution is 2.23. The van der Waals surface area contributed by atoms with Crippen LogP contribution in [0, 0.1) is 0 Å². The molecule has 2 heterocycles. The molecular weight excluding hydrogens is 280 g/mol. The smallest absolute Gasteiger partial charge is 0.239 e. The highest BCUT2D eigenvalue weighted by Gasteiger charge is 2.30. The number of aromatic amines is 1. The lowest BCUT2D eigenvalue weighted by Gasteiger charge is -2.35. The lowest BCUT2D eigenvalue weighted by molar-refractivity contribution is -0.127. The molecule has 0 saturated carbocycles. The van der Waals surface area contributed by atoms with Crippen LogP contribution in [0.25, 0.3) is 0 Å². The molecule has 1 atom stereocenters. The summed E-state index contributed by atoms with van der Waals surface area (Å²) in [4.78, 5) is 18.7. The number of likely N-dealkylation sites (N-methyl/N-ethyl adjacent to an activating group) is 1. The molecule has 1 aromatic heterocycles. The minimum atomic E-state index is -0.153. The molecule has 4 N–H and O–H groups in total. The van der Waals surface area contributed by atoms with Crippen molar-refractivity contribution in [3.8, 4) is 0 Å². The van der Waals surface area contributed by atoms with E-state index in [2.05, 4.69) is 44.5 Å². The number of nitrogens with two attached hydrogens (primary N) is 1. The Bertz CT molecular complexity index is 668. The summed E-state index contributed by atoms with van der Waals surface area (Å²) in [5.74, 6) is 0.752. The Labute approximate surface area is 128 Å². The highest BCUT2D eigenvalue weighted by molar-refractivity contribution is 5.82. The summed E-state index contributed by atoms with van der Waals surface area (Å²) < 4.78 is 0. The first-order valence-corrected chi connectivity index (χ1v) is 7.42. The van der Waals surface area contributed by atoms with Crippen molar-refractivity contribution in [3.05, 3.63) is 41.2 Å². The third-order valence-corrected chi connectivity index (χ3v) is 4.03. The Morgan fingerprint density at radius 1 is 1.45 bits per heavy atom. The minimum Gasteiger partial charge on any atom is -0.367 e. The Morgan fingerprint density at radius 3 is 2.91 bits per heavy atom. The van der Waals surface area contributed by atoms with Crippen LogP contribution in [-0.4, -0.2) is 38.6 Å². The summed E-state index contributed by atoms with van der Waals surface area (Å²) in [5, 5.41) is 9.35. The van der Waals surface area contributed by atoms with Gasteiger partial charge in [-0.05, 0) is 24.1 Å². The quantitative estimate of drug-likeness (QED) is 0.761. The van der Waals surface area contributed by atoms with Crippen molar-refractivity contribution in [1.82, 2.24) is 25.4 Å². The van der Waals surface area contributed by atoms with Crippen LogP contribution in [0.3, 0.4) is 0 Å². The topological polar surface area (TPSA) is 99.9 Å². The number of aromatic nitrogens is 3. The minimum absolute atomic E-state index is 0.00586. The number of carbonyl (C=O) groups is 1. The number of nitrogens with one attached hydrogen (secondary N) is 2. The van der Waals surface area contributed by atoms with Crippen LogP contribution in [0.1, 0.15) is 23.9 Å². The van der Waals surface area contributed by atoms with Gasteiger partial charge in [0.25, 0.3) is 0 Å². The standard InChI is InChI=1S/C15H20N6O/c1-2-21-9-11-6-4-3-5-10(11)7-12(21)14(22)17-8-13-18-15(16)20-19-13/h3-6,12H,2,7-9H2,1H3,(H,17,22)(H3,16,18,19,20)/t12-/m1/s1. The molecule has 0 bridgehead atoms. The molecule has 1 amide bonds. The van der Waals surface area contributed by atoms with Crippen molar-refractivity contribution in [2.45, 2.75) is 32.5 Å². The molecule has 0 unspecified atom stereocenters. The van der Waals surface area contributed by atoms with E-state index in [-0.39, 0.29) is 17.9 Å². The monoisotopic (exact) mass is 300 g/mol. The lowest BCUT2D eigenvalue weighted by Crippen LogP contribution is -2.50. The first-order chi connectivity index (χ1) is 10.7. The zero-order valence-electron chi connectivity index (χ0n) is 12.5. The average Bonchev–Trinajstić information content (AvgIpc) is 2.96. The third kappa shape index (κ3) is 2.94. The molecule has 0 radical (unpaired) electrons. The van der Waals surface area contributed by atoms with E-state index in [1.807, 2.05) is 12.1 Å². The van der Waals surface area contributed by atoms with Gasteiger partial charge in [-0.25, -0.2) is 0 Å². The van der Waals surface area contributed by atoms with Crippen LogP contribution < -0.4 is 11.1 Å². The summed E-state index contributed by atoms with van der Waals surface area (Å²) in [6.07, 6.45) is 0.731. The molecule has 0 aliphatic carbocycles. The molecular formula is C15H20N6O. The van der Waals surface area contributed by atoms with Crippen LogP contribution in [-0.2, 0) is 24.3 Å². The molecule has 22 heavy (non-hydrogen) atoms. The fourth-order valence-electron chi connectivity index (χ4n) is 2.85. The lowest BCUT2D eigenvalue weighted by atomic mass is 9.93. The van der Waals surface area contributed by atoms with Gasteiger partial charge in [-0.2, -0.15) is 4.98 Å². The van der Waals surface area contributed by atoms with Crippen molar-refractivity contribution in [3.63, 3.8) is 0 Å². The van der Waals surface area contributed by atoms with Crippen molar-refractivity contribution in [1.29, 1.82) is 0 Å². The van der Waals surface area contributed by atoms with Crippen molar-refractivity contribution in [2.75, 3.05) is 12.3 Å². The van der Waals surface area contributed by atoms with E-state index >= 15 is 0 Å². The van der Waals surface area contributed by atoms with Crippen molar-refractivity contribution in [2.24, 2.45) is 0 Å². The van der Waals surface area contributed by atoms with E-state index < -0.39 is 0 Å². The highest BCUT2D eigenvalue weighted by atomic mass is 16.2.